The molecule has 0 saturated carbocycles. The van der Waals surface area contributed by atoms with Gasteiger partial charge in [-0.15, -0.1) is 0 Å². The highest BCUT2D eigenvalue weighted by Gasteiger charge is 2.08. The van der Waals surface area contributed by atoms with Crippen LogP contribution in [0.4, 0.5) is 0 Å². The Bertz CT molecular complexity index is 1070. The van der Waals surface area contributed by atoms with Crippen LogP contribution in [0.3, 0.4) is 0 Å². The van der Waals surface area contributed by atoms with E-state index in [0.717, 1.165) is 16.7 Å². The van der Waals surface area contributed by atoms with Crippen LogP contribution in [0.5, 0.6) is 5.75 Å². The number of hydrogen-bond donors (Lipinski definition) is 1. The smallest absolute Gasteiger partial charge is 0.193 e. The monoisotopic (exact) mass is 316 g/mol. The van der Waals surface area contributed by atoms with Crippen molar-refractivity contribution in [3.05, 3.63) is 77.5 Å². The summed E-state index contributed by atoms with van der Waals surface area (Å²) in [5, 5.41) is 9.85. The zero-order valence-corrected chi connectivity index (χ0v) is 12.5. The Kier molecular flexibility index (Phi) is 3.31. The molecule has 0 saturated heterocycles. The fourth-order valence-electron chi connectivity index (χ4n) is 2.56. The van der Waals surface area contributed by atoms with Crippen LogP contribution in [-0.2, 0) is 0 Å². The number of aromatic nitrogens is 2. The SMILES string of the molecule is O=c1cc(-c2ccc(-c3cncnc3)cc2)oc2ccc(O)cc12. The van der Waals surface area contributed by atoms with Gasteiger partial charge in [0.1, 0.15) is 23.4 Å². The Morgan fingerprint density at radius 1 is 0.833 bits per heavy atom. The van der Waals surface area contributed by atoms with Crippen LogP contribution in [0, 0.1) is 0 Å². The lowest BCUT2D eigenvalue weighted by atomic mass is 10.1. The molecule has 4 aromatic rings. The van der Waals surface area contributed by atoms with Gasteiger partial charge in [0.2, 0.25) is 0 Å². The van der Waals surface area contributed by atoms with E-state index >= 15 is 0 Å². The molecule has 2 aromatic heterocycles. The number of aromatic hydroxyl groups is 1. The van der Waals surface area contributed by atoms with Gasteiger partial charge in [0.05, 0.1) is 5.39 Å². The average Bonchev–Trinajstić information content (AvgIpc) is 2.63. The highest BCUT2D eigenvalue weighted by molar-refractivity contribution is 5.80. The molecule has 0 bridgehead atoms. The van der Waals surface area contributed by atoms with E-state index < -0.39 is 0 Å². The lowest BCUT2D eigenvalue weighted by molar-refractivity contribution is 0.475. The van der Waals surface area contributed by atoms with E-state index in [0.29, 0.717) is 16.7 Å². The second-order valence-corrected chi connectivity index (χ2v) is 5.36. The number of hydrogen-bond acceptors (Lipinski definition) is 5. The molecule has 0 atom stereocenters. The normalized spacial score (nSPS) is 10.8. The molecule has 0 aliphatic heterocycles. The molecule has 2 aromatic carbocycles. The molecule has 116 valence electrons. The molecule has 0 unspecified atom stereocenters. The minimum atomic E-state index is -0.192. The summed E-state index contributed by atoms with van der Waals surface area (Å²) in [7, 11) is 0. The second kappa shape index (κ2) is 5.62. The minimum absolute atomic E-state index is 0.0389. The number of fused-ring (bicyclic) bond motifs is 1. The fraction of sp³-hybridized carbons (Fsp3) is 0. The summed E-state index contributed by atoms with van der Waals surface area (Å²) in [4.78, 5) is 20.2. The van der Waals surface area contributed by atoms with Crippen LogP contribution in [0.25, 0.3) is 33.4 Å². The molecular weight excluding hydrogens is 304 g/mol. The number of rotatable bonds is 2. The molecule has 4 rings (SSSR count). The standard InChI is InChI=1S/C19H12N2O3/c22-15-5-6-18-16(7-15)17(23)8-19(24-18)13-3-1-12(2-4-13)14-9-20-11-21-10-14/h1-11,22H. The van der Waals surface area contributed by atoms with E-state index in [2.05, 4.69) is 9.97 Å². The van der Waals surface area contributed by atoms with Crippen molar-refractivity contribution < 1.29 is 9.52 Å². The lowest BCUT2D eigenvalue weighted by Crippen LogP contribution is -2.00. The van der Waals surface area contributed by atoms with E-state index in [1.165, 1.54) is 24.5 Å². The summed E-state index contributed by atoms with van der Waals surface area (Å²) < 4.78 is 5.79. The van der Waals surface area contributed by atoms with Gasteiger partial charge in [-0.3, -0.25) is 4.79 Å². The summed E-state index contributed by atoms with van der Waals surface area (Å²) in [6, 6.07) is 13.5. The third kappa shape index (κ3) is 2.52. The number of nitrogens with zero attached hydrogens (tertiary/aromatic N) is 2. The summed E-state index contributed by atoms with van der Waals surface area (Å²) in [5.74, 6) is 0.519. The molecular formula is C19H12N2O3. The van der Waals surface area contributed by atoms with Gasteiger partial charge >= 0.3 is 0 Å². The maximum Gasteiger partial charge on any atom is 0.193 e. The van der Waals surface area contributed by atoms with Crippen molar-refractivity contribution >= 4 is 11.0 Å². The first kappa shape index (κ1) is 14.1. The molecule has 0 radical (unpaired) electrons. The van der Waals surface area contributed by atoms with Crippen molar-refractivity contribution in [1.29, 1.82) is 0 Å². The molecule has 0 aliphatic carbocycles. The third-order valence-electron chi connectivity index (χ3n) is 3.77. The quantitative estimate of drug-likeness (QED) is 0.611. The van der Waals surface area contributed by atoms with Crippen molar-refractivity contribution in [2.75, 3.05) is 0 Å². The van der Waals surface area contributed by atoms with E-state index in [9.17, 15) is 9.90 Å². The van der Waals surface area contributed by atoms with Gasteiger partial charge in [0.15, 0.2) is 5.43 Å². The first-order valence-electron chi connectivity index (χ1n) is 7.33. The van der Waals surface area contributed by atoms with Crippen LogP contribution in [-0.4, -0.2) is 15.1 Å². The molecule has 0 spiro atoms. The van der Waals surface area contributed by atoms with Gasteiger partial charge in [-0.05, 0) is 23.8 Å². The van der Waals surface area contributed by atoms with Crippen molar-refractivity contribution in [3.8, 4) is 28.2 Å². The Hall–Kier alpha value is -3.47. The third-order valence-corrected chi connectivity index (χ3v) is 3.77. The molecule has 1 N–H and O–H groups in total. The van der Waals surface area contributed by atoms with Crippen LogP contribution in [0.1, 0.15) is 0 Å². The lowest BCUT2D eigenvalue weighted by Gasteiger charge is -2.05. The van der Waals surface area contributed by atoms with Crippen molar-refractivity contribution in [1.82, 2.24) is 9.97 Å². The molecule has 0 fully saturated rings. The zero-order chi connectivity index (χ0) is 16.5. The van der Waals surface area contributed by atoms with Gasteiger partial charge in [-0.25, -0.2) is 9.97 Å². The number of phenolic OH excluding ortho intramolecular Hbond substituents is 1. The minimum Gasteiger partial charge on any atom is -0.508 e. The van der Waals surface area contributed by atoms with Gasteiger partial charge in [0, 0.05) is 29.6 Å². The Morgan fingerprint density at radius 3 is 2.29 bits per heavy atom. The molecule has 5 nitrogen and oxygen atoms in total. The second-order valence-electron chi connectivity index (χ2n) is 5.36. The molecule has 2 heterocycles. The first-order chi connectivity index (χ1) is 11.7. The predicted octanol–water partition coefficient (Wildman–Crippen LogP) is 3.62. The van der Waals surface area contributed by atoms with E-state index in [1.807, 2.05) is 24.3 Å². The summed E-state index contributed by atoms with van der Waals surface area (Å²) in [6.07, 6.45) is 4.97. The number of benzene rings is 2. The predicted molar refractivity (Wildman–Crippen MR) is 90.6 cm³/mol. The van der Waals surface area contributed by atoms with Crippen LogP contribution in [0.15, 0.2) is 76.5 Å². The molecule has 24 heavy (non-hydrogen) atoms. The first-order valence-corrected chi connectivity index (χ1v) is 7.33. The van der Waals surface area contributed by atoms with Crippen molar-refractivity contribution in [3.63, 3.8) is 0 Å². The van der Waals surface area contributed by atoms with Crippen molar-refractivity contribution in [2.24, 2.45) is 0 Å². The van der Waals surface area contributed by atoms with Gasteiger partial charge < -0.3 is 9.52 Å². The van der Waals surface area contributed by atoms with E-state index in [4.69, 9.17) is 4.42 Å². The maximum atomic E-state index is 12.2. The van der Waals surface area contributed by atoms with E-state index in [-0.39, 0.29) is 11.2 Å². The van der Waals surface area contributed by atoms with Crippen LogP contribution < -0.4 is 5.43 Å². The molecule has 5 heteroatoms. The highest BCUT2D eigenvalue weighted by atomic mass is 16.3. The van der Waals surface area contributed by atoms with E-state index in [1.54, 1.807) is 18.5 Å². The van der Waals surface area contributed by atoms with Crippen LogP contribution >= 0.6 is 0 Å². The molecule has 0 aliphatic rings. The molecule has 0 amide bonds. The Labute approximate surface area is 136 Å². The average molecular weight is 316 g/mol. The topological polar surface area (TPSA) is 76.2 Å². The van der Waals surface area contributed by atoms with Gasteiger partial charge in [0.25, 0.3) is 0 Å². The van der Waals surface area contributed by atoms with Gasteiger partial charge in [-0.1, -0.05) is 24.3 Å². The van der Waals surface area contributed by atoms with Gasteiger partial charge in [-0.2, -0.15) is 0 Å². The Morgan fingerprint density at radius 2 is 1.54 bits per heavy atom. The van der Waals surface area contributed by atoms with Crippen molar-refractivity contribution in [2.45, 2.75) is 0 Å². The summed E-state index contributed by atoms with van der Waals surface area (Å²) >= 11 is 0. The zero-order valence-electron chi connectivity index (χ0n) is 12.5. The highest BCUT2D eigenvalue weighted by Crippen LogP contribution is 2.26. The number of phenols is 1. The Balaban J connectivity index is 1.78. The largest absolute Gasteiger partial charge is 0.508 e. The maximum absolute atomic E-state index is 12.2. The fourth-order valence-corrected chi connectivity index (χ4v) is 2.56. The summed E-state index contributed by atoms with van der Waals surface area (Å²) in [5.41, 5.74) is 2.94. The van der Waals surface area contributed by atoms with Crippen LogP contribution in [0.2, 0.25) is 0 Å². The summed E-state index contributed by atoms with van der Waals surface area (Å²) in [6.45, 7) is 0.